The summed E-state index contributed by atoms with van der Waals surface area (Å²) in [4.78, 5) is 15.5. The molecule has 0 spiro atoms. The first-order chi connectivity index (χ1) is 7.61. The molecule has 1 atom stereocenters. The van der Waals surface area contributed by atoms with Gasteiger partial charge in [0, 0.05) is 13.5 Å². The van der Waals surface area contributed by atoms with Gasteiger partial charge in [-0.1, -0.05) is 24.7 Å². The van der Waals surface area contributed by atoms with Crippen LogP contribution < -0.4 is 0 Å². The predicted octanol–water partition coefficient (Wildman–Crippen LogP) is 1.34. The Morgan fingerprint density at radius 3 is 2.75 bits per heavy atom. The van der Waals surface area contributed by atoms with Crippen LogP contribution >= 0.6 is 0 Å². The van der Waals surface area contributed by atoms with Crippen LogP contribution in [0.2, 0.25) is 0 Å². The van der Waals surface area contributed by atoms with E-state index in [0.717, 1.165) is 25.9 Å². The highest BCUT2D eigenvalue weighted by atomic mass is 16.2. The topological polar surface area (TPSA) is 23.6 Å². The molecule has 0 bridgehead atoms. The van der Waals surface area contributed by atoms with E-state index in [-0.39, 0.29) is 11.9 Å². The lowest BCUT2D eigenvalue weighted by Gasteiger charge is -2.24. The Morgan fingerprint density at radius 2 is 2.12 bits per heavy atom. The van der Waals surface area contributed by atoms with Gasteiger partial charge in [-0.25, -0.2) is 0 Å². The first kappa shape index (κ1) is 13.1. The molecule has 0 saturated carbocycles. The number of amides is 1. The van der Waals surface area contributed by atoms with Crippen LogP contribution in [0.25, 0.3) is 0 Å². The molecule has 0 N–H and O–H groups in total. The van der Waals surface area contributed by atoms with Gasteiger partial charge in [0.2, 0.25) is 5.91 Å². The Hall–Kier alpha value is -1.01. The third kappa shape index (κ3) is 4.24. The Labute approximate surface area is 98.8 Å². The van der Waals surface area contributed by atoms with Crippen molar-refractivity contribution in [2.75, 3.05) is 27.2 Å². The van der Waals surface area contributed by atoms with Crippen molar-refractivity contribution in [1.29, 1.82) is 0 Å². The number of nitrogens with zero attached hydrogens (tertiary/aromatic N) is 2. The highest BCUT2D eigenvalue weighted by molar-refractivity contribution is 5.74. The van der Waals surface area contributed by atoms with Crippen molar-refractivity contribution in [3.8, 4) is 11.8 Å². The van der Waals surface area contributed by atoms with Gasteiger partial charge in [-0.15, -0.1) is 0 Å². The molecule has 0 unspecified atom stereocenters. The van der Waals surface area contributed by atoms with E-state index in [4.69, 9.17) is 0 Å². The second-order valence-corrected chi connectivity index (χ2v) is 4.64. The van der Waals surface area contributed by atoms with Crippen LogP contribution in [0.15, 0.2) is 0 Å². The fourth-order valence-corrected chi connectivity index (χ4v) is 1.96. The molecule has 1 heterocycles. The average molecular weight is 222 g/mol. The molecule has 3 heteroatoms. The lowest BCUT2D eigenvalue weighted by molar-refractivity contribution is -0.129. The van der Waals surface area contributed by atoms with E-state index in [1.165, 1.54) is 12.8 Å². The highest BCUT2D eigenvalue weighted by Crippen LogP contribution is 2.16. The van der Waals surface area contributed by atoms with E-state index in [9.17, 15) is 4.79 Å². The highest BCUT2D eigenvalue weighted by Gasteiger charge is 2.20. The van der Waals surface area contributed by atoms with E-state index < -0.39 is 0 Å². The second kappa shape index (κ2) is 6.55. The molecule has 1 aliphatic heterocycles. The van der Waals surface area contributed by atoms with Crippen LogP contribution in [0.3, 0.4) is 0 Å². The summed E-state index contributed by atoms with van der Waals surface area (Å²) in [5.41, 5.74) is 0. The first-order valence-electron chi connectivity index (χ1n) is 6.01. The van der Waals surface area contributed by atoms with E-state index in [2.05, 4.69) is 11.8 Å². The zero-order valence-corrected chi connectivity index (χ0v) is 10.6. The molecule has 0 aromatic carbocycles. The zero-order chi connectivity index (χ0) is 12.0. The quantitative estimate of drug-likeness (QED) is 0.625. The first-order valence-corrected chi connectivity index (χ1v) is 6.01. The molecule has 0 aromatic rings. The number of carbonyl (C=O) groups excluding carboxylic acids is 1. The zero-order valence-electron chi connectivity index (χ0n) is 10.6. The molecule has 90 valence electrons. The van der Waals surface area contributed by atoms with Crippen LogP contribution in [-0.2, 0) is 4.79 Å². The minimum atomic E-state index is 0.139. The molecular formula is C13H22N2O. The van der Waals surface area contributed by atoms with Gasteiger partial charge in [0.25, 0.3) is 0 Å². The standard InChI is InChI=1S/C13H22N2O/c1-12(16)15-11-6-4-5-8-13(15)9-7-10-14(2)3/h13H,4-6,8,10-11H2,1-3H3/t13-/m0/s1. The van der Waals surface area contributed by atoms with Gasteiger partial charge < -0.3 is 4.90 Å². The number of hydrogen-bond donors (Lipinski definition) is 0. The largest absolute Gasteiger partial charge is 0.329 e. The van der Waals surface area contributed by atoms with Crippen molar-refractivity contribution >= 4 is 5.91 Å². The van der Waals surface area contributed by atoms with Crippen LogP contribution in [-0.4, -0.2) is 48.9 Å². The van der Waals surface area contributed by atoms with Crippen molar-refractivity contribution in [2.24, 2.45) is 0 Å². The van der Waals surface area contributed by atoms with E-state index in [1.54, 1.807) is 6.92 Å². The number of hydrogen-bond acceptors (Lipinski definition) is 2. The van der Waals surface area contributed by atoms with Crippen LogP contribution in [0.1, 0.15) is 32.6 Å². The van der Waals surface area contributed by atoms with Crippen LogP contribution in [0.5, 0.6) is 0 Å². The van der Waals surface area contributed by atoms with Gasteiger partial charge in [-0.2, -0.15) is 0 Å². The van der Waals surface area contributed by atoms with E-state index in [0.29, 0.717) is 0 Å². The number of likely N-dealkylation sites (tertiary alicyclic amines) is 1. The molecule has 1 rings (SSSR count). The SMILES string of the molecule is CC(=O)N1CCCCC[C@H]1C#CCN(C)C. The van der Waals surface area contributed by atoms with Crippen LogP contribution in [0, 0.1) is 11.8 Å². The second-order valence-electron chi connectivity index (χ2n) is 4.64. The molecule has 0 aromatic heterocycles. The Bertz CT molecular complexity index is 288. The number of rotatable bonds is 1. The predicted molar refractivity (Wildman–Crippen MR) is 66.0 cm³/mol. The monoisotopic (exact) mass is 222 g/mol. The summed E-state index contributed by atoms with van der Waals surface area (Å²) in [6, 6.07) is 0.139. The summed E-state index contributed by atoms with van der Waals surface area (Å²) >= 11 is 0. The fourth-order valence-electron chi connectivity index (χ4n) is 1.96. The molecule has 0 aliphatic carbocycles. The molecule has 16 heavy (non-hydrogen) atoms. The Kier molecular flexibility index (Phi) is 5.34. The Morgan fingerprint density at radius 1 is 1.38 bits per heavy atom. The maximum absolute atomic E-state index is 11.5. The Balaban J connectivity index is 2.63. The minimum Gasteiger partial charge on any atom is -0.329 e. The third-order valence-corrected chi connectivity index (χ3v) is 2.82. The van der Waals surface area contributed by atoms with Crippen molar-refractivity contribution < 1.29 is 4.79 Å². The smallest absolute Gasteiger partial charge is 0.220 e. The van der Waals surface area contributed by atoms with Gasteiger partial charge in [0.15, 0.2) is 0 Å². The maximum Gasteiger partial charge on any atom is 0.220 e. The summed E-state index contributed by atoms with van der Waals surface area (Å²) in [6.07, 6.45) is 4.55. The molecular weight excluding hydrogens is 200 g/mol. The van der Waals surface area contributed by atoms with Gasteiger partial charge in [-0.3, -0.25) is 9.69 Å². The van der Waals surface area contributed by atoms with Crippen LogP contribution in [0.4, 0.5) is 0 Å². The van der Waals surface area contributed by atoms with Crippen molar-refractivity contribution in [3.05, 3.63) is 0 Å². The summed E-state index contributed by atoms with van der Waals surface area (Å²) in [5.74, 6) is 6.55. The average Bonchev–Trinajstić information content (AvgIpc) is 2.42. The minimum absolute atomic E-state index is 0.139. The molecule has 1 amide bonds. The normalized spacial score (nSPS) is 21.2. The third-order valence-electron chi connectivity index (χ3n) is 2.82. The molecule has 1 saturated heterocycles. The molecule has 1 fully saturated rings. The van der Waals surface area contributed by atoms with Gasteiger partial charge in [0.05, 0.1) is 12.6 Å². The summed E-state index contributed by atoms with van der Waals surface area (Å²) in [6.45, 7) is 3.28. The van der Waals surface area contributed by atoms with Gasteiger partial charge in [-0.05, 0) is 26.9 Å². The van der Waals surface area contributed by atoms with Gasteiger partial charge >= 0.3 is 0 Å². The summed E-state index contributed by atoms with van der Waals surface area (Å²) in [5, 5.41) is 0. The maximum atomic E-state index is 11.5. The van der Waals surface area contributed by atoms with E-state index in [1.807, 2.05) is 23.9 Å². The fraction of sp³-hybridized carbons (Fsp3) is 0.769. The van der Waals surface area contributed by atoms with E-state index >= 15 is 0 Å². The lowest BCUT2D eigenvalue weighted by atomic mass is 10.1. The van der Waals surface area contributed by atoms with Crippen molar-refractivity contribution in [2.45, 2.75) is 38.6 Å². The van der Waals surface area contributed by atoms with Gasteiger partial charge in [0.1, 0.15) is 0 Å². The molecule has 0 radical (unpaired) electrons. The molecule has 3 nitrogen and oxygen atoms in total. The van der Waals surface area contributed by atoms with Crippen molar-refractivity contribution in [3.63, 3.8) is 0 Å². The van der Waals surface area contributed by atoms with Crippen molar-refractivity contribution in [1.82, 2.24) is 9.80 Å². The molecule has 1 aliphatic rings. The summed E-state index contributed by atoms with van der Waals surface area (Å²) in [7, 11) is 4.01. The lowest BCUT2D eigenvalue weighted by Crippen LogP contribution is -2.37. The number of carbonyl (C=O) groups is 1. The summed E-state index contributed by atoms with van der Waals surface area (Å²) < 4.78 is 0.